The molecule has 0 aliphatic carbocycles. The number of amides is 2. The van der Waals surface area contributed by atoms with Gasteiger partial charge in [-0.15, -0.1) is 0 Å². The minimum absolute atomic E-state index is 0.207. The maximum Gasteiger partial charge on any atom is 0.242 e. The van der Waals surface area contributed by atoms with E-state index in [2.05, 4.69) is 24.5 Å². The summed E-state index contributed by atoms with van der Waals surface area (Å²) in [6, 6.07) is 6.84. The number of nitrogens with one attached hydrogen (secondary N) is 2. The van der Waals surface area contributed by atoms with Crippen LogP contribution < -0.4 is 15.4 Å². The summed E-state index contributed by atoms with van der Waals surface area (Å²) in [5, 5.41) is 5.16. The smallest absolute Gasteiger partial charge is 0.242 e. The molecule has 1 aromatic carbocycles. The zero-order chi connectivity index (χ0) is 18.3. The lowest BCUT2D eigenvalue weighted by atomic mass is 10.1. The molecule has 0 heterocycles. The van der Waals surface area contributed by atoms with E-state index in [1.807, 2.05) is 38.1 Å². The van der Waals surface area contributed by atoms with Crippen LogP contribution in [0.3, 0.4) is 0 Å². The molecular formula is C18H32N2O3. The molecule has 1 unspecified atom stereocenters. The van der Waals surface area contributed by atoms with Crippen molar-refractivity contribution in [1.82, 2.24) is 10.6 Å². The van der Waals surface area contributed by atoms with Gasteiger partial charge in [-0.2, -0.15) is 0 Å². The van der Waals surface area contributed by atoms with Crippen molar-refractivity contribution >= 4 is 11.8 Å². The molecule has 5 nitrogen and oxygen atoms in total. The normalized spacial score (nSPS) is 10.0. The number of likely N-dealkylation sites (N-methyl/N-ethyl adjacent to an activating group) is 1. The molecule has 1 aromatic rings. The summed E-state index contributed by atoms with van der Waals surface area (Å²) in [6.45, 7) is 9.64. The predicted molar refractivity (Wildman–Crippen MR) is 95.7 cm³/mol. The van der Waals surface area contributed by atoms with Gasteiger partial charge in [0.1, 0.15) is 11.8 Å². The maximum absolute atomic E-state index is 11.6. The summed E-state index contributed by atoms with van der Waals surface area (Å²) in [5.41, 5.74) is 0.957. The molecule has 0 aromatic heterocycles. The van der Waals surface area contributed by atoms with E-state index in [0.29, 0.717) is 6.42 Å². The highest BCUT2D eigenvalue weighted by Gasteiger charge is 2.18. The molecule has 1 atom stereocenters. The Bertz CT molecular complexity index is 430. The Kier molecular flexibility index (Phi) is 15.0. The second kappa shape index (κ2) is 14.9. The highest BCUT2D eigenvalue weighted by molar-refractivity contribution is 5.86. The topological polar surface area (TPSA) is 67.4 Å². The van der Waals surface area contributed by atoms with E-state index in [4.69, 9.17) is 4.74 Å². The van der Waals surface area contributed by atoms with Gasteiger partial charge in [0.15, 0.2) is 0 Å². The van der Waals surface area contributed by atoms with E-state index >= 15 is 0 Å². The van der Waals surface area contributed by atoms with E-state index in [-0.39, 0.29) is 11.8 Å². The average Bonchev–Trinajstić information content (AvgIpc) is 2.56. The second-order valence-electron chi connectivity index (χ2n) is 4.63. The summed E-state index contributed by atoms with van der Waals surface area (Å²) in [7, 11) is 3.14. The molecule has 132 valence electrons. The summed E-state index contributed by atoms with van der Waals surface area (Å²) < 4.78 is 5.06. The van der Waals surface area contributed by atoms with Gasteiger partial charge in [0.05, 0.1) is 7.11 Å². The lowest BCUT2D eigenvalue weighted by Crippen LogP contribution is -2.46. The number of carbonyl (C=O) groups is 2. The third-order valence-electron chi connectivity index (χ3n) is 2.54. The van der Waals surface area contributed by atoms with Gasteiger partial charge in [-0.05, 0) is 17.7 Å². The van der Waals surface area contributed by atoms with Crippen molar-refractivity contribution in [2.45, 2.75) is 53.5 Å². The minimum Gasteiger partial charge on any atom is -0.497 e. The standard InChI is InChI=1S/C13H18N2O3.C3H8.C2H6/c1-9(16)15-12(13(17)14-2)8-10-4-6-11(18-3)7-5-10;1-3-2;1-2/h4-7,12H,8H2,1-3H3,(H,14,17)(H,15,16);3H2,1-2H3;1-2H3. The van der Waals surface area contributed by atoms with E-state index < -0.39 is 6.04 Å². The van der Waals surface area contributed by atoms with Gasteiger partial charge in [-0.25, -0.2) is 0 Å². The summed E-state index contributed by atoms with van der Waals surface area (Å²) >= 11 is 0. The Morgan fingerprint density at radius 2 is 1.61 bits per heavy atom. The molecule has 0 bridgehead atoms. The predicted octanol–water partition coefficient (Wildman–Crippen LogP) is 2.93. The summed E-state index contributed by atoms with van der Waals surface area (Å²) in [6.07, 6.45) is 1.70. The third kappa shape index (κ3) is 11.2. The first-order valence-corrected chi connectivity index (χ1v) is 8.10. The van der Waals surface area contributed by atoms with Crippen LogP contribution in [0.25, 0.3) is 0 Å². The molecule has 1 rings (SSSR count). The van der Waals surface area contributed by atoms with Crippen molar-refractivity contribution in [2.75, 3.05) is 14.2 Å². The highest BCUT2D eigenvalue weighted by atomic mass is 16.5. The van der Waals surface area contributed by atoms with Crippen LogP contribution in [0.1, 0.15) is 46.6 Å². The molecule has 23 heavy (non-hydrogen) atoms. The molecule has 0 aliphatic heterocycles. The lowest BCUT2D eigenvalue weighted by molar-refractivity contribution is -0.127. The summed E-state index contributed by atoms with van der Waals surface area (Å²) in [4.78, 5) is 22.7. The van der Waals surface area contributed by atoms with E-state index in [1.165, 1.54) is 13.3 Å². The first kappa shape index (κ1) is 23.2. The fourth-order valence-electron chi connectivity index (χ4n) is 1.63. The lowest BCUT2D eigenvalue weighted by Gasteiger charge is -2.16. The molecule has 2 amide bonds. The van der Waals surface area contributed by atoms with Crippen molar-refractivity contribution in [1.29, 1.82) is 0 Å². The number of carbonyl (C=O) groups excluding carboxylic acids is 2. The van der Waals surface area contributed by atoms with Crippen molar-refractivity contribution in [3.05, 3.63) is 29.8 Å². The molecule has 0 aliphatic rings. The number of rotatable bonds is 5. The van der Waals surface area contributed by atoms with E-state index in [1.54, 1.807) is 14.2 Å². The SMILES string of the molecule is CC.CCC.CNC(=O)C(Cc1ccc(OC)cc1)NC(C)=O. The van der Waals surface area contributed by atoms with Gasteiger partial charge in [0.25, 0.3) is 0 Å². The Hall–Kier alpha value is -2.04. The average molecular weight is 324 g/mol. The number of methoxy groups -OCH3 is 1. The molecule has 0 spiro atoms. The molecule has 5 heteroatoms. The second-order valence-corrected chi connectivity index (χ2v) is 4.63. The fourth-order valence-corrected chi connectivity index (χ4v) is 1.63. The number of hydrogen-bond acceptors (Lipinski definition) is 3. The van der Waals surface area contributed by atoms with Gasteiger partial charge >= 0.3 is 0 Å². The van der Waals surface area contributed by atoms with Crippen LogP contribution in [0.15, 0.2) is 24.3 Å². The summed E-state index contributed by atoms with van der Waals surface area (Å²) in [5.74, 6) is 0.327. The van der Waals surface area contributed by atoms with Gasteiger partial charge in [0, 0.05) is 20.4 Å². The van der Waals surface area contributed by atoms with Crippen LogP contribution in [0.5, 0.6) is 5.75 Å². The fraction of sp³-hybridized carbons (Fsp3) is 0.556. The zero-order valence-electron chi connectivity index (χ0n) is 15.5. The van der Waals surface area contributed by atoms with Gasteiger partial charge in [-0.3, -0.25) is 9.59 Å². The van der Waals surface area contributed by atoms with Crippen molar-refractivity contribution in [3.63, 3.8) is 0 Å². The Balaban J connectivity index is 0. The Morgan fingerprint density at radius 1 is 1.13 bits per heavy atom. The van der Waals surface area contributed by atoms with Crippen molar-refractivity contribution in [3.8, 4) is 5.75 Å². The molecule has 0 saturated carbocycles. The van der Waals surface area contributed by atoms with Crippen molar-refractivity contribution < 1.29 is 14.3 Å². The van der Waals surface area contributed by atoms with Crippen molar-refractivity contribution in [2.24, 2.45) is 0 Å². The minimum atomic E-state index is -0.555. The molecule has 0 fully saturated rings. The van der Waals surface area contributed by atoms with Crippen LogP contribution >= 0.6 is 0 Å². The Morgan fingerprint density at radius 3 is 1.96 bits per heavy atom. The first-order valence-electron chi connectivity index (χ1n) is 8.10. The maximum atomic E-state index is 11.6. The van der Waals surface area contributed by atoms with E-state index in [9.17, 15) is 9.59 Å². The van der Waals surface area contributed by atoms with Gasteiger partial charge in [-0.1, -0.05) is 46.2 Å². The van der Waals surface area contributed by atoms with Crippen LogP contribution in [-0.2, 0) is 16.0 Å². The Labute approximate surface area is 140 Å². The van der Waals surface area contributed by atoms with Crippen LogP contribution in [0, 0.1) is 0 Å². The highest BCUT2D eigenvalue weighted by Crippen LogP contribution is 2.12. The van der Waals surface area contributed by atoms with Crippen LogP contribution in [0.4, 0.5) is 0 Å². The number of benzene rings is 1. The monoisotopic (exact) mass is 324 g/mol. The third-order valence-corrected chi connectivity index (χ3v) is 2.54. The molecular weight excluding hydrogens is 292 g/mol. The van der Waals surface area contributed by atoms with Gasteiger partial charge in [0.2, 0.25) is 11.8 Å². The first-order chi connectivity index (χ1) is 11.0. The van der Waals surface area contributed by atoms with E-state index in [0.717, 1.165) is 11.3 Å². The number of ether oxygens (including phenoxy) is 1. The molecule has 0 radical (unpaired) electrons. The molecule has 2 N–H and O–H groups in total. The van der Waals surface area contributed by atoms with Gasteiger partial charge < -0.3 is 15.4 Å². The van der Waals surface area contributed by atoms with Crippen LogP contribution in [0.2, 0.25) is 0 Å². The largest absolute Gasteiger partial charge is 0.497 e. The molecule has 0 saturated heterocycles. The zero-order valence-corrected chi connectivity index (χ0v) is 15.5. The van der Waals surface area contributed by atoms with Crippen LogP contribution in [-0.4, -0.2) is 32.0 Å². The number of hydrogen-bond donors (Lipinski definition) is 2. The quantitative estimate of drug-likeness (QED) is 0.875.